The van der Waals surface area contributed by atoms with Gasteiger partial charge in [0.15, 0.2) is 0 Å². The summed E-state index contributed by atoms with van der Waals surface area (Å²) in [5, 5.41) is 3.23. The molecule has 0 saturated heterocycles. The van der Waals surface area contributed by atoms with Gasteiger partial charge < -0.3 is 15.0 Å². The van der Waals surface area contributed by atoms with Crippen molar-refractivity contribution in [3.05, 3.63) is 24.0 Å². The molecule has 0 fully saturated rings. The largest absolute Gasteiger partial charge is 0.382 e. The van der Waals surface area contributed by atoms with Gasteiger partial charge in [0.05, 0.1) is 6.10 Å². The lowest BCUT2D eigenvalue weighted by atomic mass is 10.3. The first kappa shape index (κ1) is 14.4. The van der Waals surface area contributed by atoms with E-state index in [0.717, 1.165) is 5.69 Å². The molecule has 5 nitrogen and oxygen atoms in total. The minimum atomic E-state index is -0.100. The van der Waals surface area contributed by atoms with E-state index in [9.17, 15) is 4.79 Å². The predicted molar refractivity (Wildman–Crippen MR) is 71.8 cm³/mol. The molecule has 0 aliphatic rings. The van der Waals surface area contributed by atoms with E-state index in [-0.39, 0.29) is 12.0 Å². The monoisotopic (exact) mass is 251 g/mol. The summed E-state index contributed by atoms with van der Waals surface area (Å²) in [5.74, 6) is -0.100. The Bertz CT molecular complexity index is 394. The third kappa shape index (κ3) is 4.33. The highest BCUT2D eigenvalue weighted by atomic mass is 16.5. The fraction of sp³-hybridized carbons (Fsp3) is 0.538. The lowest BCUT2D eigenvalue weighted by Gasteiger charge is -2.14. The molecule has 0 radical (unpaired) electrons. The van der Waals surface area contributed by atoms with Gasteiger partial charge in [-0.2, -0.15) is 0 Å². The first-order valence-corrected chi connectivity index (χ1v) is 6.07. The van der Waals surface area contributed by atoms with Gasteiger partial charge in [-0.05, 0) is 26.0 Å². The number of anilines is 1. The number of aromatic nitrogens is 1. The van der Waals surface area contributed by atoms with Crippen molar-refractivity contribution >= 4 is 11.6 Å². The highest BCUT2D eigenvalue weighted by Crippen LogP contribution is 2.09. The molecule has 1 rings (SSSR count). The van der Waals surface area contributed by atoms with Gasteiger partial charge in [0.25, 0.3) is 5.91 Å². The predicted octanol–water partition coefficient (Wildman–Crippen LogP) is 1.62. The number of hydrogen-bond acceptors (Lipinski definition) is 4. The minimum Gasteiger partial charge on any atom is -0.382 e. The van der Waals surface area contributed by atoms with E-state index in [1.807, 2.05) is 19.9 Å². The average molecular weight is 251 g/mol. The number of carbonyl (C=O) groups excluding carboxylic acids is 1. The van der Waals surface area contributed by atoms with Crippen molar-refractivity contribution in [2.45, 2.75) is 20.0 Å². The van der Waals surface area contributed by atoms with Crippen molar-refractivity contribution in [2.24, 2.45) is 0 Å². The quantitative estimate of drug-likeness (QED) is 0.834. The van der Waals surface area contributed by atoms with Crippen LogP contribution in [0.5, 0.6) is 0 Å². The van der Waals surface area contributed by atoms with Crippen LogP contribution in [0.3, 0.4) is 0 Å². The number of ether oxygens (including phenoxy) is 1. The molecule has 18 heavy (non-hydrogen) atoms. The van der Waals surface area contributed by atoms with Crippen LogP contribution >= 0.6 is 0 Å². The fourth-order valence-corrected chi connectivity index (χ4v) is 1.49. The maximum atomic E-state index is 11.7. The summed E-state index contributed by atoms with van der Waals surface area (Å²) < 4.78 is 5.43. The van der Waals surface area contributed by atoms with Gasteiger partial charge in [0, 0.05) is 39.1 Å². The van der Waals surface area contributed by atoms with Crippen molar-refractivity contribution in [1.29, 1.82) is 0 Å². The van der Waals surface area contributed by atoms with Gasteiger partial charge in [-0.25, -0.2) is 0 Å². The van der Waals surface area contributed by atoms with Crippen LogP contribution in [0.1, 0.15) is 24.3 Å². The first-order valence-electron chi connectivity index (χ1n) is 6.07. The number of pyridine rings is 1. The van der Waals surface area contributed by atoms with Crippen molar-refractivity contribution in [2.75, 3.05) is 32.6 Å². The summed E-state index contributed by atoms with van der Waals surface area (Å²) in [6, 6.07) is 3.59. The molecule has 0 saturated carbocycles. The molecule has 1 aromatic rings. The zero-order valence-electron chi connectivity index (χ0n) is 11.4. The lowest BCUT2D eigenvalue weighted by Crippen LogP contribution is -2.23. The summed E-state index contributed by atoms with van der Waals surface area (Å²) in [5.41, 5.74) is 1.32. The molecule has 1 heterocycles. The van der Waals surface area contributed by atoms with Crippen LogP contribution in [-0.4, -0.2) is 49.1 Å². The Morgan fingerprint density at radius 1 is 1.56 bits per heavy atom. The van der Waals surface area contributed by atoms with Crippen molar-refractivity contribution in [1.82, 2.24) is 9.88 Å². The molecule has 0 aliphatic heterocycles. The van der Waals surface area contributed by atoms with Crippen molar-refractivity contribution < 1.29 is 9.53 Å². The third-order valence-electron chi connectivity index (χ3n) is 2.43. The number of rotatable bonds is 6. The SMILES string of the molecule is CCOC(C)CNc1ccnc(C(=O)N(C)C)c1. The Labute approximate surface area is 108 Å². The Hall–Kier alpha value is -1.62. The van der Waals surface area contributed by atoms with Crippen LogP contribution in [0.2, 0.25) is 0 Å². The number of hydrogen-bond donors (Lipinski definition) is 1. The van der Waals surface area contributed by atoms with Crippen LogP contribution in [-0.2, 0) is 4.74 Å². The molecule has 1 unspecified atom stereocenters. The molecule has 0 spiro atoms. The topological polar surface area (TPSA) is 54.5 Å². The van der Waals surface area contributed by atoms with Gasteiger partial charge in [-0.3, -0.25) is 9.78 Å². The Morgan fingerprint density at radius 2 is 2.28 bits per heavy atom. The van der Waals surface area contributed by atoms with Crippen LogP contribution in [0.15, 0.2) is 18.3 Å². The second-order valence-corrected chi connectivity index (χ2v) is 4.28. The Kier molecular flexibility index (Phi) is 5.58. The van der Waals surface area contributed by atoms with E-state index < -0.39 is 0 Å². The lowest BCUT2D eigenvalue weighted by molar-refractivity contribution is 0.0822. The molecule has 100 valence electrons. The minimum absolute atomic E-state index is 0.100. The molecule has 0 aliphatic carbocycles. The Balaban J connectivity index is 2.62. The summed E-state index contributed by atoms with van der Waals surface area (Å²) in [6.45, 7) is 5.37. The molecule has 1 atom stereocenters. The molecule has 5 heteroatoms. The average Bonchev–Trinajstić information content (AvgIpc) is 2.36. The third-order valence-corrected chi connectivity index (χ3v) is 2.43. The number of nitrogens with one attached hydrogen (secondary N) is 1. The summed E-state index contributed by atoms with van der Waals surface area (Å²) in [7, 11) is 3.42. The van der Waals surface area contributed by atoms with Gasteiger partial charge in [-0.15, -0.1) is 0 Å². The molecule has 1 N–H and O–H groups in total. The zero-order valence-corrected chi connectivity index (χ0v) is 11.4. The number of nitrogens with zero attached hydrogens (tertiary/aromatic N) is 2. The molecule has 1 aromatic heterocycles. The summed E-state index contributed by atoms with van der Waals surface area (Å²) >= 11 is 0. The maximum Gasteiger partial charge on any atom is 0.272 e. The molecular formula is C13H21N3O2. The van der Waals surface area contributed by atoms with Gasteiger partial charge in [-0.1, -0.05) is 0 Å². The second kappa shape index (κ2) is 6.96. The smallest absolute Gasteiger partial charge is 0.272 e. The van der Waals surface area contributed by atoms with E-state index in [0.29, 0.717) is 18.8 Å². The van der Waals surface area contributed by atoms with E-state index in [4.69, 9.17) is 4.74 Å². The summed E-state index contributed by atoms with van der Waals surface area (Å²) in [4.78, 5) is 17.3. The van der Waals surface area contributed by atoms with Crippen LogP contribution in [0.25, 0.3) is 0 Å². The highest BCUT2D eigenvalue weighted by Gasteiger charge is 2.10. The highest BCUT2D eigenvalue weighted by molar-refractivity contribution is 5.92. The van der Waals surface area contributed by atoms with Crippen LogP contribution in [0.4, 0.5) is 5.69 Å². The fourth-order valence-electron chi connectivity index (χ4n) is 1.49. The first-order chi connectivity index (χ1) is 8.54. The van der Waals surface area contributed by atoms with Gasteiger partial charge in [0.2, 0.25) is 0 Å². The second-order valence-electron chi connectivity index (χ2n) is 4.28. The van der Waals surface area contributed by atoms with E-state index >= 15 is 0 Å². The zero-order chi connectivity index (χ0) is 13.5. The van der Waals surface area contributed by atoms with Gasteiger partial charge in [0.1, 0.15) is 5.69 Å². The number of carbonyl (C=O) groups is 1. The molecule has 0 aromatic carbocycles. The van der Waals surface area contributed by atoms with Crippen molar-refractivity contribution in [3.8, 4) is 0 Å². The van der Waals surface area contributed by atoms with E-state index in [2.05, 4.69) is 10.3 Å². The van der Waals surface area contributed by atoms with Crippen molar-refractivity contribution in [3.63, 3.8) is 0 Å². The van der Waals surface area contributed by atoms with Crippen LogP contribution in [0, 0.1) is 0 Å². The van der Waals surface area contributed by atoms with Crippen LogP contribution < -0.4 is 5.32 Å². The van der Waals surface area contributed by atoms with E-state index in [1.165, 1.54) is 4.90 Å². The molecule has 1 amide bonds. The molecule has 0 bridgehead atoms. The molecular weight excluding hydrogens is 230 g/mol. The standard InChI is InChI=1S/C13H21N3O2/c1-5-18-10(2)9-15-11-6-7-14-12(8-11)13(17)16(3)4/h6-8,10H,5,9H2,1-4H3,(H,14,15). The maximum absolute atomic E-state index is 11.7. The number of amides is 1. The summed E-state index contributed by atoms with van der Waals surface area (Å²) in [6.07, 6.45) is 1.76. The normalized spacial score (nSPS) is 12.0. The Morgan fingerprint density at radius 3 is 2.89 bits per heavy atom. The van der Waals surface area contributed by atoms with Gasteiger partial charge >= 0.3 is 0 Å². The van der Waals surface area contributed by atoms with E-state index in [1.54, 1.807) is 26.4 Å².